The van der Waals surface area contributed by atoms with Crippen LogP contribution in [0.15, 0.2) is 36.4 Å². The molecule has 0 bridgehead atoms. The highest BCUT2D eigenvalue weighted by atomic mass is 16.3. The molecule has 0 spiro atoms. The third kappa shape index (κ3) is 1.61. The van der Waals surface area contributed by atoms with E-state index in [0.717, 1.165) is 16.6 Å². The average Bonchev–Trinajstić information content (AvgIpc) is 2.27. The Hall–Kier alpha value is -1.41. The van der Waals surface area contributed by atoms with Crippen molar-refractivity contribution >= 4 is 10.9 Å². The van der Waals surface area contributed by atoms with E-state index in [2.05, 4.69) is 4.98 Å². The van der Waals surface area contributed by atoms with Crippen LogP contribution in [0.2, 0.25) is 0 Å². The molecule has 14 heavy (non-hydrogen) atoms. The molecule has 0 aliphatic rings. The molecule has 0 radical (unpaired) electrons. The number of fused-ring (bicyclic) bond motifs is 1. The van der Waals surface area contributed by atoms with Crippen molar-refractivity contribution in [2.75, 3.05) is 0 Å². The summed E-state index contributed by atoms with van der Waals surface area (Å²) in [4.78, 5) is 4.40. The molecule has 2 nitrogen and oxygen atoms in total. The molecule has 1 atom stereocenters. The van der Waals surface area contributed by atoms with E-state index in [1.54, 1.807) is 0 Å². The molecule has 2 rings (SSSR count). The molecule has 0 unspecified atom stereocenters. The number of hydrogen-bond donors (Lipinski definition) is 1. The van der Waals surface area contributed by atoms with Gasteiger partial charge in [0.05, 0.1) is 17.3 Å². The molecule has 0 saturated carbocycles. The van der Waals surface area contributed by atoms with Crippen LogP contribution in [0.3, 0.4) is 0 Å². The third-order valence-corrected chi connectivity index (χ3v) is 2.35. The van der Waals surface area contributed by atoms with Crippen molar-refractivity contribution in [1.29, 1.82) is 0 Å². The topological polar surface area (TPSA) is 33.1 Å². The smallest absolute Gasteiger partial charge is 0.0957 e. The lowest BCUT2D eigenvalue weighted by Crippen LogP contribution is -1.98. The van der Waals surface area contributed by atoms with E-state index in [1.807, 2.05) is 43.3 Å². The number of aliphatic hydroxyl groups excluding tert-OH is 1. The molecule has 0 aliphatic carbocycles. The van der Waals surface area contributed by atoms with Crippen molar-refractivity contribution in [2.24, 2.45) is 0 Å². The summed E-state index contributed by atoms with van der Waals surface area (Å²) in [6.45, 7) is 1.95. The summed E-state index contributed by atoms with van der Waals surface area (Å²) in [6.07, 6.45) is 0.255. The Bertz CT molecular complexity index is 439. The summed E-state index contributed by atoms with van der Waals surface area (Å²) in [5.74, 6) is 0. The summed E-state index contributed by atoms with van der Waals surface area (Å²) in [5, 5.41) is 10.7. The van der Waals surface area contributed by atoms with Crippen molar-refractivity contribution in [1.82, 2.24) is 4.98 Å². The number of pyridine rings is 1. The van der Waals surface area contributed by atoms with Gasteiger partial charge < -0.3 is 5.11 Å². The van der Waals surface area contributed by atoms with Crippen LogP contribution >= 0.6 is 0 Å². The molecule has 2 aromatic rings. The summed E-state index contributed by atoms with van der Waals surface area (Å²) in [6, 6.07) is 11.8. The van der Waals surface area contributed by atoms with Gasteiger partial charge >= 0.3 is 0 Å². The minimum Gasteiger partial charge on any atom is -0.387 e. The van der Waals surface area contributed by atoms with E-state index in [4.69, 9.17) is 0 Å². The molecule has 0 saturated heterocycles. The summed E-state index contributed by atoms with van der Waals surface area (Å²) < 4.78 is 0. The van der Waals surface area contributed by atoms with Gasteiger partial charge in [0, 0.05) is 5.39 Å². The second-order valence-corrected chi connectivity index (χ2v) is 3.35. The van der Waals surface area contributed by atoms with Crippen LogP contribution in [0.1, 0.15) is 25.1 Å². The molecular formula is C12H13NO. The fourth-order valence-electron chi connectivity index (χ4n) is 1.48. The Kier molecular flexibility index (Phi) is 2.46. The van der Waals surface area contributed by atoms with Gasteiger partial charge in [-0.05, 0) is 18.6 Å². The van der Waals surface area contributed by atoms with Gasteiger partial charge in [0.1, 0.15) is 0 Å². The lowest BCUT2D eigenvalue weighted by atomic mass is 10.1. The standard InChI is InChI=1S/C12H13NO/c1-2-12(14)11-8-7-9-5-3-4-6-10(9)13-11/h3-8,12,14H,2H2,1H3/t12-/m0/s1. The highest BCUT2D eigenvalue weighted by Gasteiger charge is 2.06. The minimum absolute atomic E-state index is 0.445. The molecular weight excluding hydrogens is 174 g/mol. The lowest BCUT2D eigenvalue weighted by molar-refractivity contribution is 0.169. The number of benzene rings is 1. The van der Waals surface area contributed by atoms with Crippen LogP contribution < -0.4 is 0 Å². The fourth-order valence-corrected chi connectivity index (χ4v) is 1.48. The lowest BCUT2D eigenvalue weighted by Gasteiger charge is -2.07. The number of aliphatic hydroxyl groups is 1. The van der Waals surface area contributed by atoms with Gasteiger partial charge in [0.2, 0.25) is 0 Å². The van der Waals surface area contributed by atoms with E-state index < -0.39 is 6.10 Å². The highest BCUT2D eigenvalue weighted by molar-refractivity contribution is 5.78. The number of para-hydroxylation sites is 1. The third-order valence-electron chi connectivity index (χ3n) is 2.35. The van der Waals surface area contributed by atoms with Crippen molar-refractivity contribution in [2.45, 2.75) is 19.4 Å². The van der Waals surface area contributed by atoms with Crippen LogP contribution in [0, 0.1) is 0 Å². The summed E-state index contributed by atoms with van der Waals surface area (Å²) in [5.41, 5.74) is 1.70. The van der Waals surface area contributed by atoms with Crippen LogP contribution in [-0.2, 0) is 0 Å². The van der Waals surface area contributed by atoms with Gasteiger partial charge in [0.25, 0.3) is 0 Å². The second-order valence-electron chi connectivity index (χ2n) is 3.35. The van der Waals surface area contributed by atoms with Gasteiger partial charge in [-0.25, -0.2) is 0 Å². The van der Waals surface area contributed by atoms with Gasteiger partial charge in [-0.3, -0.25) is 4.98 Å². The van der Waals surface area contributed by atoms with Crippen molar-refractivity contribution in [3.05, 3.63) is 42.1 Å². The zero-order chi connectivity index (χ0) is 9.97. The maximum atomic E-state index is 9.63. The molecule has 0 fully saturated rings. The van der Waals surface area contributed by atoms with Gasteiger partial charge in [-0.1, -0.05) is 31.2 Å². The molecule has 0 aliphatic heterocycles. The highest BCUT2D eigenvalue weighted by Crippen LogP contribution is 2.18. The predicted molar refractivity (Wildman–Crippen MR) is 57.0 cm³/mol. The monoisotopic (exact) mass is 187 g/mol. The summed E-state index contributed by atoms with van der Waals surface area (Å²) in [7, 11) is 0. The quantitative estimate of drug-likeness (QED) is 0.784. The SMILES string of the molecule is CC[C@H](O)c1ccc2ccccc2n1. The average molecular weight is 187 g/mol. The number of hydrogen-bond acceptors (Lipinski definition) is 2. The number of nitrogens with zero attached hydrogens (tertiary/aromatic N) is 1. The Balaban J connectivity index is 2.51. The number of rotatable bonds is 2. The fraction of sp³-hybridized carbons (Fsp3) is 0.250. The van der Waals surface area contributed by atoms with Crippen LogP contribution in [0.4, 0.5) is 0 Å². The zero-order valence-electron chi connectivity index (χ0n) is 8.14. The Morgan fingerprint density at radius 1 is 1.21 bits per heavy atom. The molecule has 0 amide bonds. The van der Waals surface area contributed by atoms with Crippen molar-refractivity contribution in [3.8, 4) is 0 Å². The van der Waals surface area contributed by atoms with Gasteiger partial charge in [0.15, 0.2) is 0 Å². The zero-order valence-corrected chi connectivity index (χ0v) is 8.14. The predicted octanol–water partition coefficient (Wildman–Crippen LogP) is 2.68. The van der Waals surface area contributed by atoms with E-state index >= 15 is 0 Å². The summed E-state index contributed by atoms with van der Waals surface area (Å²) >= 11 is 0. The van der Waals surface area contributed by atoms with Crippen LogP contribution in [-0.4, -0.2) is 10.1 Å². The van der Waals surface area contributed by atoms with E-state index in [0.29, 0.717) is 6.42 Å². The minimum atomic E-state index is -0.445. The maximum Gasteiger partial charge on any atom is 0.0957 e. The maximum absolute atomic E-state index is 9.63. The first-order valence-electron chi connectivity index (χ1n) is 4.85. The van der Waals surface area contributed by atoms with Crippen molar-refractivity contribution in [3.63, 3.8) is 0 Å². The van der Waals surface area contributed by atoms with Crippen LogP contribution in [0.25, 0.3) is 10.9 Å². The molecule has 1 aromatic carbocycles. The Labute approximate surface area is 83.2 Å². The number of aromatic nitrogens is 1. The van der Waals surface area contributed by atoms with Gasteiger partial charge in [-0.15, -0.1) is 0 Å². The van der Waals surface area contributed by atoms with E-state index in [9.17, 15) is 5.11 Å². The first kappa shape index (κ1) is 9.16. The Morgan fingerprint density at radius 2 is 2.00 bits per heavy atom. The molecule has 1 heterocycles. The molecule has 72 valence electrons. The Morgan fingerprint density at radius 3 is 2.79 bits per heavy atom. The van der Waals surface area contributed by atoms with Gasteiger partial charge in [-0.2, -0.15) is 0 Å². The van der Waals surface area contributed by atoms with Crippen LogP contribution in [0.5, 0.6) is 0 Å². The van der Waals surface area contributed by atoms with Crippen molar-refractivity contribution < 1.29 is 5.11 Å². The molecule has 2 heteroatoms. The second kappa shape index (κ2) is 3.76. The largest absolute Gasteiger partial charge is 0.387 e. The first-order chi connectivity index (χ1) is 6.81. The first-order valence-corrected chi connectivity index (χ1v) is 4.85. The van der Waals surface area contributed by atoms with E-state index in [1.165, 1.54) is 0 Å². The molecule has 1 aromatic heterocycles. The van der Waals surface area contributed by atoms with E-state index in [-0.39, 0.29) is 0 Å². The normalized spacial score (nSPS) is 13.0. The molecule has 1 N–H and O–H groups in total.